The zero-order chi connectivity index (χ0) is 18.5. The standard InChI is InChI=1S/C21H23N3O2/c1-23(2)13-8-12-22-21(26)20(25)19-18(16-9-4-3-5-10-16)15-17-11-6-7-14-24(17)19/h3-7,9-11,14-15H,8,12-13H2,1-2H3,(H,22,26). The van der Waals surface area contributed by atoms with Crippen molar-refractivity contribution in [3.63, 3.8) is 0 Å². The van der Waals surface area contributed by atoms with E-state index in [4.69, 9.17) is 0 Å². The number of fused-ring (bicyclic) bond motifs is 1. The molecular formula is C21H23N3O2. The van der Waals surface area contributed by atoms with Crippen molar-refractivity contribution in [3.8, 4) is 11.1 Å². The van der Waals surface area contributed by atoms with Crippen LogP contribution in [0.25, 0.3) is 16.6 Å². The highest BCUT2D eigenvalue weighted by atomic mass is 16.2. The minimum absolute atomic E-state index is 0.400. The van der Waals surface area contributed by atoms with Crippen molar-refractivity contribution in [2.24, 2.45) is 0 Å². The minimum Gasteiger partial charge on any atom is -0.349 e. The summed E-state index contributed by atoms with van der Waals surface area (Å²) >= 11 is 0. The Morgan fingerprint density at radius 3 is 2.50 bits per heavy atom. The molecule has 2 aromatic heterocycles. The fraction of sp³-hybridized carbons (Fsp3) is 0.238. The first kappa shape index (κ1) is 17.9. The third-order valence-corrected chi connectivity index (χ3v) is 4.25. The average molecular weight is 349 g/mol. The summed E-state index contributed by atoms with van der Waals surface area (Å²) in [4.78, 5) is 27.4. The Balaban J connectivity index is 1.90. The van der Waals surface area contributed by atoms with Crippen LogP contribution in [0.15, 0.2) is 60.8 Å². The molecule has 0 aliphatic heterocycles. The van der Waals surface area contributed by atoms with Gasteiger partial charge < -0.3 is 14.6 Å². The van der Waals surface area contributed by atoms with Crippen molar-refractivity contribution in [1.82, 2.24) is 14.6 Å². The van der Waals surface area contributed by atoms with Gasteiger partial charge in [-0.15, -0.1) is 0 Å². The summed E-state index contributed by atoms with van der Waals surface area (Å²) in [6.45, 7) is 1.34. The van der Waals surface area contributed by atoms with Crippen LogP contribution in [0.3, 0.4) is 0 Å². The maximum atomic E-state index is 12.9. The molecule has 134 valence electrons. The van der Waals surface area contributed by atoms with Gasteiger partial charge in [0.1, 0.15) is 5.69 Å². The van der Waals surface area contributed by atoms with Gasteiger partial charge in [-0.05, 0) is 50.8 Å². The van der Waals surface area contributed by atoms with Gasteiger partial charge in [0, 0.05) is 23.8 Å². The Morgan fingerprint density at radius 1 is 1.04 bits per heavy atom. The number of carbonyl (C=O) groups excluding carboxylic acids is 2. The molecule has 0 unspecified atom stereocenters. The molecule has 2 heterocycles. The highest BCUT2D eigenvalue weighted by Gasteiger charge is 2.24. The molecule has 0 aliphatic rings. The van der Waals surface area contributed by atoms with E-state index < -0.39 is 11.7 Å². The largest absolute Gasteiger partial charge is 0.349 e. The van der Waals surface area contributed by atoms with Gasteiger partial charge in [0.05, 0.1) is 0 Å². The van der Waals surface area contributed by atoms with E-state index in [1.54, 1.807) is 4.40 Å². The lowest BCUT2D eigenvalue weighted by Gasteiger charge is -2.10. The summed E-state index contributed by atoms with van der Waals surface area (Å²) in [6, 6.07) is 17.3. The maximum absolute atomic E-state index is 12.9. The molecule has 0 saturated heterocycles. The molecule has 0 saturated carbocycles. The van der Waals surface area contributed by atoms with E-state index >= 15 is 0 Å². The number of rotatable bonds is 7. The molecule has 3 rings (SSSR count). The third-order valence-electron chi connectivity index (χ3n) is 4.25. The molecule has 1 N–H and O–H groups in total. The van der Waals surface area contributed by atoms with Gasteiger partial charge in [0.25, 0.3) is 11.7 Å². The third kappa shape index (κ3) is 3.83. The Bertz CT molecular complexity index is 913. The van der Waals surface area contributed by atoms with Crippen molar-refractivity contribution in [2.75, 3.05) is 27.2 Å². The number of nitrogens with zero attached hydrogens (tertiary/aromatic N) is 2. The summed E-state index contributed by atoms with van der Waals surface area (Å²) in [5.74, 6) is -1.08. The normalized spacial score (nSPS) is 11.0. The molecule has 1 aromatic carbocycles. The van der Waals surface area contributed by atoms with Crippen molar-refractivity contribution < 1.29 is 9.59 Å². The fourth-order valence-electron chi connectivity index (χ4n) is 2.98. The molecule has 5 nitrogen and oxygen atoms in total. The lowest BCUT2D eigenvalue weighted by molar-refractivity contribution is -0.117. The quantitative estimate of drug-likeness (QED) is 0.405. The summed E-state index contributed by atoms with van der Waals surface area (Å²) < 4.78 is 1.78. The van der Waals surface area contributed by atoms with E-state index in [0.717, 1.165) is 29.6 Å². The lowest BCUT2D eigenvalue weighted by atomic mass is 10.0. The Hall–Kier alpha value is -2.92. The minimum atomic E-state index is -0.565. The number of nitrogens with one attached hydrogen (secondary N) is 1. The van der Waals surface area contributed by atoms with Gasteiger partial charge in [0.2, 0.25) is 0 Å². The van der Waals surface area contributed by atoms with Crippen molar-refractivity contribution in [1.29, 1.82) is 0 Å². The number of aromatic nitrogens is 1. The van der Waals surface area contributed by atoms with Gasteiger partial charge in [-0.1, -0.05) is 36.4 Å². The number of Topliss-reactive ketones (excluding diaryl/α,β-unsaturated/α-hetero) is 1. The van der Waals surface area contributed by atoms with Crippen molar-refractivity contribution >= 4 is 17.2 Å². The van der Waals surface area contributed by atoms with Gasteiger partial charge in [0.15, 0.2) is 0 Å². The molecule has 0 fully saturated rings. The van der Waals surface area contributed by atoms with E-state index in [-0.39, 0.29) is 0 Å². The first-order valence-corrected chi connectivity index (χ1v) is 8.70. The lowest BCUT2D eigenvalue weighted by Crippen LogP contribution is -2.33. The van der Waals surface area contributed by atoms with Crippen LogP contribution in [-0.2, 0) is 4.79 Å². The molecule has 0 bridgehead atoms. The zero-order valence-electron chi connectivity index (χ0n) is 15.1. The van der Waals surface area contributed by atoms with E-state index in [0.29, 0.717) is 12.2 Å². The van der Waals surface area contributed by atoms with Crippen LogP contribution in [0.2, 0.25) is 0 Å². The van der Waals surface area contributed by atoms with E-state index in [2.05, 4.69) is 5.32 Å². The SMILES string of the molecule is CN(C)CCCNC(=O)C(=O)c1c(-c2ccccc2)cc2ccccn12. The van der Waals surface area contributed by atoms with E-state index in [1.807, 2.05) is 79.8 Å². The Kier molecular flexibility index (Phi) is 5.49. The number of amides is 1. The predicted molar refractivity (Wildman–Crippen MR) is 103 cm³/mol. The second kappa shape index (κ2) is 7.97. The summed E-state index contributed by atoms with van der Waals surface area (Å²) in [6.07, 6.45) is 2.61. The number of ketones is 1. The van der Waals surface area contributed by atoms with Crippen LogP contribution in [0.5, 0.6) is 0 Å². The average Bonchev–Trinajstić information content (AvgIpc) is 3.04. The van der Waals surface area contributed by atoms with Crippen molar-refractivity contribution in [3.05, 3.63) is 66.5 Å². The molecule has 0 atom stereocenters. The first-order chi connectivity index (χ1) is 12.6. The highest BCUT2D eigenvalue weighted by Crippen LogP contribution is 2.28. The van der Waals surface area contributed by atoms with Gasteiger partial charge in [-0.2, -0.15) is 0 Å². The predicted octanol–water partition coefficient (Wildman–Crippen LogP) is 2.86. The molecule has 0 aliphatic carbocycles. The second-order valence-electron chi connectivity index (χ2n) is 6.51. The molecular weight excluding hydrogens is 326 g/mol. The molecule has 3 aromatic rings. The van der Waals surface area contributed by atoms with E-state index in [9.17, 15) is 9.59 Å². The molecule has 1 amide bonds. The molecule has 0 radical (unpaired) electrons. The topological polar surface area (TPSA) is 53.8 Å². The van der Waals surface area contributed by atoms with Crippen LogP contribution < -0.4 is 5.32 Å². The van der Waals surface area contributed by atoms with Gasteiger partial charge in [-0.3, -0.25) is 9.59 Å². The van der Waals surface area contributed by atoms with Crippen molar-refractivity contribution in [2.45, 2.75) is 6.42 Å². The van der Waals surface area contributed by atoms with Crippen LogP contribution >= 0.6 is 0 Å². The number of carbonyl (C=O) groups is 2. The maximum Gasteiger partial charge on any atom is 0.294 e. The summed E-state index contributed by atoms with van der Waals surface area (Å²) in [7, 11) is 3.96. The number of hydrogen-bond acceptors (Lipinski definition) is 3. The monoisotopic (exact) mass is 349 g/mol. The molecule has 26 heavy (non-hydrogen) atoms. The molecule has 5 heteroatoms. The van der Waals surface area contributed by atoms with Crippen LogP contribution in [0, 0.1) is 0 Å². The summed E-state index contributed by atoms with van der Waals surface area (Å²) in [5, 5.41) is 2.74. The molecule has 0 spiro atoms. The second-order valence-corrected chi connectivity index (χ2v) is 6.51. The smallest absolute Gasteiger partial charge is 0.294 e. The zero-order valence-corrected chi connectivity index (χ0v) is 15.1. The Morgan fingerprint density at radius 2 is 1.77 bits per heavy atom. The van der Waals surface area contributed by atoms with Gasteiger partial charge in [-0.25, -0.2) is 0 Å². The fourth-order valence-corrected chi connectivity index (χ4v) is 2.98. The summed E-state index contributed by atoms with van der Waals surface area (Å²) in [5.41, 5.74) is 2.97. The number of hydrogen-bond donors (Lipinski definition) is 1. The highest BCUT2D eigenvalue weighted by molar-refractivity contribution is 6.43. The number of benzene rings is 1. The number of pyridine rings is 1. The van der Waals surface area contributed by atoms with Crippen LogP contribution in [0.4, 0.5) is 0 Å². The van der Waals surface area contributed by atoms with Crippen LogP contribution in [-0.4, -0.2) is 48.2 Å². The van der Waals surface area contributed by atoms with Gasteiger partial charge >= 0.3 is 0 Å². The first-order valence-electron chi connectivity index (χ1n) is 8.70. The van der Waals surface area contributed by atoms with E-state index in [1.165, 1.54) is 0 Å². The Labute approximate surface area is 153 Å². The van der Waals surface area contributed by atoms with Crippen LogP contribution in [0.1, 0.15) is 16.9 Å².